The van der Waals surface area contributed by atoms with E-state index >= 15 is 0 Å². The van der Waals surface area contributed by atoms with Crippen LogP contribution in [0.15, 0.2) is 11.4 Å². The summed E-state index contributed by atoms with van der Waals surface area (Å²) in [6.45, 7) is 4.63. The molecule has 0 radical (unpaired) electrons. The molecule has 1 aliphatic rings. The maximum Gasteiger partial charge on any atom is 0.00490 e. The summed E-state index contributed by atoms with van der Waals surface area (Å²) in [5, 5.41) is 5.61. The first-order valence-corrected chi connectivity index (χ1v) is 5.50. The normalized spacial score (nSPS) is 19.8. The van der Waals surface area contributed by atoms with Crippen molar-refractivity contribution in [1.29, 1.82) is 0 Å². The number of hydrogen-bond acceptors (Lipinski definition) is 2. The van der Waals surface area contributed by atoms with Gasteiger partial charge in [0.15, 0.2) is 0 Å². The molecule has 12 heavy (non-hydrogen) atoms. The molecule has 0 spiro atoms. The molecule has 1 saturated heterocycles. The highest BCUT2D eigenvalue weighted by molar-refractivity contribution is 7.10. The minimum Gasteiger partial charge on any atom is -0.317 e. The van der Waals surface area contributed by atoms with E-state index in [4.69, 9.17) is 0 Å². The van der Waals surface area contributed by atoms with Crippen LogP contribution in [-0.4, -0.2) is 13.1 Å². The van der Waals surface area contributed by atoms with Crippen molar-refractivity contribution in [3.63, 3.8) is 0 Å². The molecule has 2 heteroatoms. The van der Waals surface area contributed by atoms with E-state index in [1.165, 1.54) is 30.8 Å². The van der Waals surface area contributed by atoms with Gasteiger partial charge in [0.2, 0.25) is 0 Å². The fraction of sp³-hybridized carbons (Fsp3) is 0.600. The first-order chi connectivity index (χ1) is 5.88. The number of piperidine rings is 1. The predicted octanol–water partition coefficient (Wildman–Crippen LogP) is 2.52. The Morgan fingerprint density at radius 2 is 2.17 bits per heavy atom. The van der Waals surface area contributed by atoms with Crippen LogP contribution in [0.5, 0.6) is 0 Å². The lowest BCUT2D eigenvalue weighted by molar-refractivity contribution is 0.460. The van der Waals surface area contributed by atoms with Gasteiger partial charge in [0.05, 0.1) is 0 Å². The quantitative estimate of drug-likeness (QED) is 0.702. The predicted molar refractivity (Wildman–Crippen MR) is 53.9 cm³/mol. The largest absolute Gasteiger partial charge is 0.317 e. The molecule has 1 aliphatic heterocycles. The average molecular weight is 181 g/mol. The van der Waals surface area contributed by atoms with Crippen LogP contribution >= 0.6 is 11.3 Å². The maximum atomic E-state index is 3.40. The molecular weight excluding hydrogens is 166 g/mol. The molecule has 0 saturated carbocycles. The van der Waals surface area contributed by atoms with Gasteiger partial charge < -0.3 is 5.32 Å². The number of rotatable bonds is 1. The number of hydrogen-bond donors (Lipinski definition) is 1. The zero-order valence-electron chi connectivity index (χ0n) is 7.47. The zero-order chi connectivity index (χ0) is 8.39. The Bertz CT molecular complexity index is 248. The summed E-state index contributed by atoms with van der Waals surface area (Å²) < 4.78 is 0. The second-order valence-electron chi connectivity index (χ2n) is 3.46. The van der Waals surface area contributed by atoms with Crippen molar-refractivity contribution in [3.8, 4) is 0 Å². The number of nitrogens with one attached hydrogen (secondary N) is 1. The van der Waals surface area contributed by atoms with Crippen LogP contribution in [0.3, 0.4) is 0 Å². The highest BCUT2D eigenvalue weighted by Crippen LogP contribution is 2.30. The van der Waals surface area contributed by atoms with Gasteiger partial charge in [-0.2, -0.15) is 0 Å². The Morgan fingerprint density at radius 3 is 2.75 bits per heavy atom. The van der Waals surface area contributed by atoms with E-state index in [-0.39, 0.29) is 0 Å². The highest BCUT2D eigenvalue weighted by atomic mass is 32.1. The molecule has 0 aromatic carbocycles. The van der Waals surface area contributed by atoms with Gasteiger partial charge in [-0.3, -0.25) is 0 Å². The summed E-state index contributed by atoms with van der Waals surface area (Å²) >= 11 is 1.88. The van der Waals surface area contributed by atoms with Crippen molar-refractivity contribution >= 4 is 11.3 Å². The molecular formula is C10H15NS. The zero-order valence-corrected chi connectivity index (χ0v) is 8.29. The first-order valence-electron chi connectivity index (χ1n) is 4.62. The fourth-order valence-corrected chi connectivity index (χ4v) is 2.74. The van der Waals surface area contributed by atoms with Crippen molar-refractivity contribution < 1.29 is 0 Å². The minimum atomic E-state index is 0.831. The topological polar surface area (TPSA) is 12.0 Å². The molecule has 66 valence electrons. The third-order valence-corrected chi connectivity index (χ3v) is 3.54. The van der Waals surface area contributed by atoms with E-state index in [0.29, 0.717) is 0 Å². The second kappa shape index (κ2) is 3.58. The van der Waals surface area contributed by atoms with Crippen LogP contribution in [0.1, 0.15) is 29.2 Å². The first kappa shape index (κ1) is 8.27. The third-order valence-electron chi connectivity index (χ3n) is 2.68. The standard InChI is InChI=1S/C10H15NS/c1-8-10(4-7-12-8)9-2-5-11-6-3-9/h4,7,9,11H,2-3,5-6H2,1H3. The third kappa shape index (κ3) is 1.54. The molecule has 1 fully saturated rings. The van der Waals surface area contributed by atoms with Gasteiger partial charge in [0.1, 0.15) is 0 Å². The van der Waals surface area contributed by atoms with E-state index in [9.17, 15) is 0 Å². The molecule has 0 unspecified atom stereocenters. The number of aryl methyl sites for hydroxylation is 1. The lowest BCUT2D eigenvalue weighted by Gasteiger charge is -2.22. The van der Waals surface area contributed by atoms with Gasteiger partial charge >= 0.3 is 0 Å². The molecule has 0 aliphatic carbocycles. The van der Waals surface area contributed by atoms with Crippen LogP contribution in [0.4, 0.5) is 0 Å². The molecule has 2 heterocycles. The molecule has 1 N–H and O–H groups in total. The van der Waals surface area contributed by atoms with Gasteiger partial charge in [0, 0.05) is 4.88 Å². The average Bonchev–Trinajstić information content (AvgIpc) is 2.53. The Morgan fingerprint density at radius 1 is 1.42 bits per heavy atom. The summed E-state index contributed by atoms with van der Waals surface area (Å²) in [7, 11) is 0. The fourth-order valence-electron chi connectivity index (χ4n) is 1.95. The van der Waals surface area contributed by atoms with Crippen molar-refractivity contribution in [2.24, 2.45) is 0 Å². The van der Waals surface area contributed by atoms with E-state index in [1.54, 1.807) is 5.56 Å². The van der Waals surface area contributed by atoms with Gasteiger partial charge in [-0.25, -0.2) is 0 Å². The molecule has 1 nitrogen and oxygen atoms in total. The van der Waals surface area contributed by atoms with Crippen LogP contribution in [0, 0.1) is 6.92 Å². The van der Waals surface area contributed by atoms with Crippen molar-refractivity contribution in [2.45, 2.75) is 25.7 Å². The Hall–Kier alpha value is -0.340. The van der Waals surface area contributed by atoms with Crippen molar-refractivity contribution in [2.75, 3.05) is 13.1 Å². The molecule has 0 atom stereocenters. The SMILES string of the molecule is Cc1sccc1C1CCNCC1. The van der Waals surface area contributed by atoms with Crippen LogP contribution < -0.4 is 5.32 Å². The molecule has 2 rings (SSSR count). The Balaban J connectivity index is 2.13. The molecule has 0 bridgehead atoms. The smallest absolute Gasteiger partial charge is 0.00490 e. The van der Waals surface area contributed by atoms with E-state index in [2.05, 4.69) is 23.7 Å². The summed E-state index contributed by atoms with van der Waals surface area (Å²) in [4.78, 5) is 1.52. The monoisotopic (exact) mass is 181 g/mol. The summed E-state index contributed by atoms with van der Waals surface area (Å²) in [5.74, 6) is 0.831. The highest BCUT2D eigenvalue weighted by Gasteiger charge is 2.16. The van der Waals surface area contributed by atoms with Gasteiger partial charge in [-0.15, -0.1) is 11.3 Å². The van der Waals surface area contributed by atoms with Crippen molar-refractivity contribution in [1.82, 2.24) is 5.32 Å². The maximum absolute atomic E-state index is 3.40. The van der Waals surface area contributed by atoms with Crippen LogP contribution in [-0.2, 0) is 0 Å². The summed E-state index contributed by atoms with van der Waals surface area (Å²) in [6.07, 6.45) is 2.63. The van der Waals surface area contributed by atoms with Crippen molar-refractivity contribution in [3.05, 3.63) is 21.9 Å². The molecule has 1 aromatic rings. The second-order valence-corrected chi connectivity index (χ2v) is 4.58. The number of thiophene rings is 1. The van der Waals surface area contributed by atoms with E-state index in [1.807, 2.05) is 11.3 Å². The van der Waals surface area contributed by atoms with Crippen LogP contribution in [0.25, 0.3) is 0 Å². The molecule has 1 aromatic heterocycles. The van der Waals surface area contributed by atoms with E-state index in [0.717, 1.165) is 5.92 Å². The summed E-state index contributed by atoms with van der Waals surface area (Å²) in [5.41, 5.74) is 1.60. The Labute approximate surface area is 77.8 Å². The Kier molecular flexibility index (Phi) is 2.47. The van der Waals surface area contributed by atoms with Gasteiger partial charge in [-0.05, 0) is 55.8 Å². The van der Waals surface area contributed by atoms with Gasteiger partial charge in [-0.1, -0.05) is 0 Å². The minimum absolute atomic E-state index is 0.831. The lowest BCUT2D eigenvalue weighted by Crippen LogP contribution is -2.26. The molecule has 0 amide bonds. The summed E-state index contributed by atoms with van der Waals surface area (Å²) in [6, 6.07) is 2.30. The lowest BCUT2D eigenvalue weighted by atomic mass is 9.91. The van der Waals surface area contributed by atoms with Crippen LogP contribution in [0.2, 0.25) is 0 Å². The van der Waals surface area contributed by atoms with E-state index < -0.39 is 0 Å². The van der Waals surface area contributed by atoms with Gasteiger partial charge in [0.25, 0.3) is 0 Å².